The lowest BCUT2D eigenvalue weighted by molar-refractivity contribution is -0.386. The Bertz CT molecular complexity index is 540. The fraction of sp³-hybridized carbons (Fsp3) is 0.250. The number of aromatic amines is 2. The lowest BCUT2D eigenvalue weighted by atomic mass is 10.3. The molecule has 1 aromatic rings. The minimum Gasteiger partial charge on any atom is -0.383 e. The second-order valence-electron chi connectivity index (χ2n) is 3.21. The van der Waals surface area contributed by atoms with E-state index in [1.165, 1.54) is 12.3 Å². The molecule has 86 valence electrons. The zero-order valence-electron chi connectivity index (χ0n) is 8.68. The van der Waals surface area contributed by atoms with Crippen molar-refractivity contribution in [2.75, 3.05) is 14.1 Å². The van der Waals surface area contributed by atoms with Crippen molar-refractivity contribution >= 4 is 11.8 Å². The van der Waals surface area contributed by atoms with Gasteiger partial charge in [-0.3, -0.25) is 19.9 Å². The van der Waals surface area contributed by atoms with Crippen LogP contribution in [0.25, 0.3) is 6.08 Å². The summed E-state index contributed by atoms with van der Waals surface area (Å²) in [7, 11) is 3.40. The van der Waals surface area contributed by atoms with Crippen molar-refractivity contribution in [2.45, 2.75) is 0 Å². The molecule has 0 saturated heterocycles. The molecule has 1 rings (SSSR count). The largest absolute Gasteiger partial charge is 0.383 e. The number of aromatic nitrogens is 2. The molecular weight excluding hydrogens is 216 g/mol. The van der Waals surface area contributed by atoms with Gasteiger partial charge >= 0.3 is 16.9 Å². The molecule has 0 fully saturated rings. The van der Waals surface area contributed by atoms with Gasteiger partial charge in [-0.05, 0) is 6.08 Å². The third kappa shape index (κ3) is 2.56. The van der Waals surface area contributed by atoms with E-state index in [0.717, 1.165) is 0 Å². The van der Waals surface area contributed by atoms with E-state index in [-0.39, 0.29) is 5.69 Å². The zero-order valence-corrected chi connectivity index (χ0v) is 8.68. The molecule has 0 amide bonds. The van der Waals surface area contributed by atoms with Gasteiger partial charge < -0.3 is 9.88 Å². The molecule has 0 saturated carbocycles. The first-order valence-corrected chi connectivity index (χ1v) is 4.27. The first-order chi connectivity index (χ1) is 7.41. The number of nitrogens with zero attached hydrogens (tertiary/aromatic N) is 2. The van der Waals surface area contributed by atoms with Crippen LogP contribution in [0.1, 0.15) is 5.69 Å². The summed E-state index contributed by atoms with van der Waals surface area (Å²) in [5, 5.41) is 10.6. The molecule has 8 heteroatoms. The molecule has 0 aliphatic rings. The summed E-state index contributed by atoms with van der Waals surface area (Å²) in [6.45, 7) is 0. The fourth-order valence-electron chi connectivity index (χ4n) is 1.02. The van der Waals surface area contributed by atoms with E-state index >= 15 is 0 Å². The van der Waals surface area contributed by atoms with Crippen molar-refractivity contribution in [3.05, 3.63) is 42.8 Å². The first-order valence-electron chi connectivity index (χ1n) is 4.27. The number of nitrogens with one attached hydrogen (secondary N) is 2. The van der Waals surface area contributed by atoms with Crippen LogP contribution in [0.5, 0.6) is 0 Å². The van der Waals surface area contributed by atoms with E-state index in [1.54, 1.807) is 24.0 Å². The summed E-state index contributed by atoms with van der Waals surface area (Å²) in [6.07, 6.45) is 2.77. The molecule has 1 aromatic heterocycles. The Kier molecular flexibility index (Phi) is 3.24. The smallest absolute Gasteiger partial charge is 0.357 e. The highest BCUT2D eigenvalue weighted by molar-refractivity contribution is 5.54. The van der Waals surface area contributed by atoms with Crippen molar-refractivity contribution in [1.82, 2.24) is 14.9 Å². The molecule has 1 heterocycles. The molecule has 0 aliphatic heterocycles. The highest BCUT2D eigenvalue weighted by Crippen LogP contribution is 2.09. The molecule has 0 unspecified atom stereocenters. The van der Waals surface area contributed by atoms with Crippen LogP contribution >= 0.6 is 0 Å². The quantitative estimate of drug-likeness (QED) is 0.533. The van der Waals surface area contributed by atoms with Gasteiger partial charge in [0.1, 0.15) is 5.69 Å². The Morgan fingerprint density at radius 1 is 1.31 bits per heavy atom. The Morgan fingerprint density at radius 3 is 2.44 bits per heavy atom. The van der Waals surface area contributed by atoms with Gasteiger partial charge in [-0.2, -0.15) is 0 Å². The summed E-state index contributed by atoms with van der Waals surface area (Å²) in [5.74, 6) is 0. The lowest BCUT2D eigenvalue weighted by Crippen LogP contribution is -2.25. The van der Waals surface area contributed by atoms with Gasteiger partial charge in [0.25, 0.3) is 0 Å². The van der Waals surface area contributed by atoms with Crippen LogP contribution in [0.3, 0.4) is 0 Å². The van der Waals surface area contributed by atoms with Gasteiger partial charge in [-0.25, -0.2) is 4.79 Å². The molecule has 2 N–H and O–H groups in total. The molecule has 0 bridgehead atoms. The Morgan fingerprint density at radius 2 is 1.94 bits per heavy atom. The maximum absolute atomic E-state index is 11.2. The van der Waals surface area contributed by atoms with Crippen LogP contribution in [0.4, 0.5) is 5.69 Å². The SMILES string of the molecule is CN(C)/C=C/c1[nH]c(=O)[nH]c(=O)c1[N+](=O)[O-]. The number of hydrogen-bond donors (Lipinski definition) is 2. The highest BCUT2D eigenvalue weighted by Gasteiger charge is 2.18. The zero-order chi connectivity index (χ0) is 12.3. The topological polar surface area (TPSA) is 112 Å². The summed E-state index contributed by atoms with van der Waals surface area (Å²) in [5.41, 5.74) is -2.62. The standard InChI is InChI=1S/C8H10N4O4/c1-11(2)4-3-5-6(12(15)16)7(13)10-8(14)9-5/h3-4H,1-2H3,(H2,9,10,13,14)/b4-3+. The van der Waals surface area contributed by atoms with Gasteiger partial charge in [0, 0.05) is 20.3 Å². The van der Waals surface area contributed by atoms with Gasteiger partial charge in [0.05, 0.1) is 4.92 Å². The van der Waals surface area contributed by atoms with Crippen molar-refractivity contribution in [3.8, 4) is 0 Å². The maximum atomic E-state index is 11.2. The van der Waals surface area contributed by atoms with Crippen LogP contribution in [0.15, 0.2) is 15.8 Å². The molecule has 0 aliphatic carbocycles. The normalized spacial score (nSPS) is 10.6. The average Bonchev–Trinajstić information content (AvgIpc) is 2.12. The fourth-order valence-corrected chi connectivity index (χ4v) is 1.02. The number of hydrogen-bond acceptors (Lipinski definition) is 5. The molecule has 8 nitrogen and oxygen atoms in total. The number of rotatable bonds is 3. The first kappa shape index (κ1) is 11.7. The lowest BCUT2D eigenvalue weighted by Gasteiger charge is -2.02. The Hall–Kier alpha value is -2.38. The molecule has 0 atom stereocenters. The van der Waals surface area contributed by atoms with Gasteiger partial charge in [0.2, 0.25) is 0 Å². The van der Waals surface area contributed by atoms with Crippen molar-refractivity contribution < 1.29 is 4.92 Å². The van der Waals surface area contributed by atoms with Crippen molar-refractivity contribution in [2.24, 2.45) is 0 Å². The van der Waals surface area contributed by atoms with Gasteiger partial charge in [-0.1, -0.05) is 0 Å². The summed E-state index contributed by atoms with van der Waals surface area (Å²) in [6, 6.07) is 0. The van der Waals surface area contributed by atoms with Crippen LogP contribution < -0.4 is 11.2 Å². The predicted molar refractivity (Wildman–Crippen MR) is 57.1 cm³/mol. The van der Waals surface area contributed by atoms with Gasteiger partial charge in [-0.15, -0.1) is 0 Å². The van der Waals surface area contributed by atoms with Crippen molar-refractivity contribution in [1.29, 1.82) is 0 Å². The Labute approximate surface area is 89.4 Å². The number of nitro groups is 1. The molecule has 0 aromatic carbocycles. The summed E-state index contributed by atoms with van der Waals surface area (Å²) < 4.78 is 0. The van der Waals surface area contributed by atoms with Crippen molar-refractivity contribution in [3.63, 3.8) is 0 Å². The molecular formula is C8H10N4O4. The summed E-state index contributed by atoms with van der Waals surface area (Å²) in [4.78, 5) is 37.5. The minimum absolute atomic E-state index is 0.132. The van der Waals surface area contributed by atoms with E-state index in [2.05, 4.69) is 4.98 Å². The summed E-state index contributed by atoms with van der Waals surface area (Å²) >= 11 is 0. The van der Waals surface area contributed by atoms with Crippen LogP contribution in [-0.4, -0.2) is 33.9 Å². The Balaban J connectivity index is 3.42. The van der Waals surface area contributed by atoms with Gasteiger partial charge in [0.15, 0.2) is 0 Å². The van der Waals surface area contributed by atoms with E-state index in [4.69, 9.17) is 0 Å². The highest BCUT2D eigenvalue weighted by atomic mass is 16.6. The molecule has 0 spiro atoms. The molecule has 0 radical (unpaired) electrons. The van der Waals surface area contributed by atoms with E-state index in [1.807, 2.05) is 0 Å². The van der Waals surface area contributed by atoms with Crippen LogP contribution in [0.2, 0.25) is 0 Å². The van der Waals surface area contributed by atoms with Crippen LogP contribution in [0, 0.1) is 10.1 Å². The molecule has 16 heavy (non-hydrogen) atoms. The number of H-pyrrole nitrogens is 2. The third-order valence-corrected chi connectivity index (χ3v) is 1.67. The average molecular weight is 226 g/mol. The predicted octanol–water partition coefficient (Wildman–Crippen LogP) is -0.496. The van der Waals surface area contributed by atoms with E-state index in [9.17, 15) is 19.7 Å². The second-order valence-corrected chi connectivity index (χ2v) is 3.21. The van der Waals surface area contributed by atoms with E-state index < -0.39 is 21.9 Å². The monoisotopic (exact) mass is 226 g/mol. The third-order valence-electron chi connectivity index (χ3n) is 1.67. The minimum atomic E-state index is -1.02. The van der Waals surface area contributed by atoms with Crippen LogP contribution in [-0.2, 0) is 0 Å². The second kappa shape index (κ2) is 4.43. The van der Waals surface area contributed by atoms with E-state index in [0.29, 0.717) is 0 Å². The maximum Gasteiger partial charge on any atom is 0.357 e.